The molecule has 0 bridgehead atoms. The molecule has 0 N–H and O–H groups in total. The molecule has 0 radical (unpaired) electrons. The van der Waals surface area contributed by atoms with E-state index in [0.717, 1.165) is 0 Å². The maximum absolute atomic E-state index is 2.57. The summed E-state index contributed by atoms with van der Waals surface area (Å²) in [5.74, 6) is 0. The molecule has 0 aromatic heterocycles. The highest BCUT2D eigenvalue weighted by molar-refractivity contribution is 5.25. The van der Waals surface area contributed by atoms with Gasteiger partial charge in [-0.2, -0.15) is 0 Å². The summed E-state index contributed by atoms with van der Waals surface area (Å²) in [7, 11) is 0. The van der Waals surface area contributed by atoms with Gasteiger partial charge in [-0.15, -0.1) is 0 Å². The first-order valence-electron chi connectivity index (χ1n) is 5.33. The molecule has 0 atom stereocenters. The molecule has 2 rings (SSSR count). The van der Waals surface area contributed by atoms with Crippen LogP contribution in [0.3, 0.4) is 0 Å². The summed E-state index contributed by atoms with van der Waals surface area (Å²) < 4.78 is 0. The molecule has 1 heteroatoms. The Morgan fingerprint density at radius 2 is 1.62 bits per heavy atom. The maximum Gasteiger partial charge on any atom is 0.00914 e. The summed E-state index contributed by atoms with van der Waals surface area (Å²) in [5, 5.41) is 0. The minimum absolute atomic E-state index is 0.436. The number of likely N-dealkylation sites (tertiary alicyclic amines) is 1. The van der Waals surface area contributed by atoms with Gasteiger partial charge in [-0.25, -0.2) is 0 Å². The average Bonchev–Trinajstić information content (AvgIpc) is 2.54. The van der Waals surface area contributed by atoms with E-state index >= 15 is 0 Å². The van der Waals surface area contributed by atoms with E-state index in [4.69, 9.17) is 0 Å². The van der Waals surface area contributed by atoms with Gasteiger partial charge in [0.05, 0.1) is 0 Å². The van der Waals surface area contributed by atoms with Crippen molar-refractivity contribution in [3.8, 4) is 0 Å². The zero-order valence-corrected chi connectivity index (χ0v) is 8.66. The van der Waals surface area contributed by atoms with E-state index in [0.29, 0.717) is 11.5 Å². The molecule has 0 amide bonds. The predicted octanol–water partition coefficient (Wildman–Crippen LogP) is 2.60. The molecule has 0 saturated carbocycles. The number of hydrogen-bond donors (Lipinski definition) is 0. The van der Waals surface area contributed by atoms with Crippen molar-refractivity contribution in [2.75, 3.05) is 13.1 Å². The summed E-state index contributed by atoms with van der Waals surface area (Å²) >= 11 is 0. The van der Waals surface area contributed by atoms with Crippen LogP contribution in [0.2, 0.25) is 0 Å². The molecule has 1 nitrogen and oxygen atoms in total. The van der Waals surface area contributed by atoms with Crippen molar-refractivity contribution in [2.45, 2.75) is 32.7 Å². The van der Waals surface area contributed by atoms with E-state index in [2.05, 4.69) is 43.1 Å². The van der Waals surface area contributed by atoms with E-state index in [-0.39, 0.29) is 0 Å². The second kappa shape index (κ2) is 3.30. The standard InChI is InChI=1S/C12H19N/c1-11(2)13-9-7-12(8-10-13)5-3-4-6-12/h3-6,11H,7-10H2,1-2H3. The van der Waals surface area contributed by atoms with E-state index in [9.17, 15) is 0 Å². The number of rotatable bonds is 1. The SMILES string of the molecule is CC(C)N1CCC2(C=CC=C2)CC1. The molecule has 1 fully saturated rings. The first kappa shape index (κ1) is 9.01. The van der Waals surface area contributed by atoms with Crippen LogP contribution in [0.4, 0.5) is 0 Å². The summed E-state index contributed by atoms with van der Waals surface area (Å²) in [5.41, 5.74) is 0.436. The van der Waals surface area contributed by atoms with Crippen LogP contribution >= 0.6 is 0 Å². The minimum atomic E-state index is 0.436. The lowest BCUT2D eigenvalue weighted by Gasteiger charge is -2.39. The third-order valence-corrected chi connectivity index (χ3v) is 3.43. The van der Waals surface area contributed by atoms with E-state index in [1.54, 1.807) is 0 Å². The van der Waals surface area contributed by atoms with Crippen molar-refractivity contribution in [3.05, 3.63) is 24.3 Å². The highest BCUT2D eigenvalue weighted by atomic mass is 15.1. The molecule has 0 aromatic carbocycles. The molecule has 1 saturated heterocycles. The Morgan fingerprint density at radius 3 is 2.08 bits per heavy atom. The molecule has 0 aromatic rings. The quantitative estimate of drug-likeness (QED) is 0.595. The van der Waals surface area contributed by atoms with Crippen molar-refractivity contribution < 1.29 is 0 Å². The number of hydrogen-bond acceptors (Lipinski definition) is 1. The molecule has 1 aliphatic carbocycles. The van der Waals surface area contributed by atoms with Crippen LogP contribution in [-0.4, -0.2) is 24.0 Å². The van der Waals surface area contributed by atoms with Gasteiger partial charge in [-0.3, -0.25) is 0 Å². The highest BCUT2D eigenvalue weighted by Gasteiger charge is 2.31. The van der Waals surface area contributed by atoms with Crippen LogP contribution in [0.5, 0.6) is 0 Å². The van der Waals surface area contributed by atoms with Crippen LogP contribution in [-0.2, 0) is 0 Å². The molecule has 0 unspecified atom stereocenters. The fourth-order valence-electron chi connectivity index (χ4n) is 2.34. The lowest BCUT2D eigenvalue weighted by molar-refractivity contribution is 0.138. The van der Waals surface area contributed by atoms with Crippen molar-refractivity contribution >= 4 is 0 Å². The van der Waals surface area contributed by atoms with Crippen LogP contribution < -0.4 is 0 Å². The monoisotopic (exact) mass is 177 g/mol. The van der Waals surface area contributed by atoms with Crippen molar-refractivity contribution in [1.29, 1.82) is 0 Å². The Morgan fingerprint density at radius 1 is 1.08 bits per heavy atom. The fraction of sp³-hybridized carbons (Fsp3) is 0.667. The average molecular weight is 177 g/mol. The van der Waals surface area contributed by atoms with Gasteiger partial charge in [0.2, 0.25) is 0 Å². The van der Waals surface area contributed by atoms with Gasteiger partial charge < -0.3 is 4.90 Å². The lowest BCUT2D eigenvalue weighted by Crippen LogP contribution is -2.41. The largest absolute Gasteiger partial charge is 0.301 e. The Labute approximate surface area is 81.1 Å². The van der Waals surface area contributed by atoms with E-state index in [1.807, 2.05) is 0 Å². The molecule has 1 aliphatic heterocycles. The molecular weight excluding hydrogens is 158 g/mol. The van der Waals surface area contributed by atoms with E-state index < -0.39 is 0 Å². The van der Waals surface area contributed by atoms with Crippen molar-refractivity contribution in [1.82, 2.24) is 4.90 Å². The molecule has 2 aliphatic rings. The minimum Gasteiger partial charge on any atom is -0.301 e. The third-order valence-electron chi connectivity index (χ3n) is 3.43. The van der Waals surface area contributed by atoms with Crippen LogP contribution in [0, 0.1) is 5.41 Å². The summed E-state index contributed by atoms with van der Waals surface area (Å²) in [6, 6.07) is 0.715. The summed E-state index contributed by atoms with van der Waals surface area (Å²) in [6.45, 7) is 7.09. The van der Waals surface area contributed by atoms with Crippen LogP contribution in [0.25, 0.3) is 0 Å². The number of allylic oxidation sites excluding steroid dienone is 4. The van der Waals surface area contributed by atoms with Crippen molar-refractivity contribution in [3.63, 3.8) is 0 Å². The Kier molecular flexibility index (Phi) is 2.29. The molecule has 1 heterocycles. The van der Waals surface area contributed by atoms with Gasteiger partial charge in [-0.05, 0) is 39.8 Å². The molecular formula is C12H19N. The molecule has 1 spiro atoms. The first-order valence-corrected chi connectivity index (χ1v) is 5.33. The predicted molar refractivity (Wildman–Crippen MR) is 56.7 cm³/mol. The first-order chi connectivity index (χ1) is 6.22. The van der Waals surface area contributed by atoms with Crippen molar-refractivity contribution in [2.24, 2.45) is 5.41 Å². The zero-order chi connectivity index (χ0) is 9.31. The smallest absolute Gasteiger partial charge is 0.00914 e. The van der Waals surface area contributed by atoms with E-state index in [1.165, 1.54) is 25.9 Å². The topological polar surface area (TPSA) is 3.24 Å². The van der Waals surface area contributed by atoms with Gasteiger partial charge in [0.25, 0.3) is 0 Å². The second-order valence-corrected chi connectivity index (χ2v) is 4.58. The van der Waals surface area contributed by atoms with Gasteiger partial charge in [-0.1, -0.05) is 24.3 Å². The van der Waals surface area contributed by atoms with Crippen LogP contribution in [0.15, 0.2) is 24.3 Å². The summed E-state index contributed by atoms with van der Waals surface area (Å²) in [6.07, 6.45) is 11.8. The number of piperidine rings is 1. The molecule has 13 heavy (non-hydrogen) atoms. The highest BCUT2D eigenvalue weighted by Crippen LogP contribution is 2.37. The normalized spacial score (nSPS) is 26.4. The fourth-order valence-corrected chi connectivity index (χ4v) is 2.34. The van der Waals surface area contributed by atoms with Gasteiger partial charge in [0, 0.05) is 11.5 Å². The van der Waals surface area contributed by atoms with Gasteiger partial charge in [0.15, 0.2) is 0 Å². The second-order valence-electron chi connectivity index (χ2n) is 4.58. The number of nitrogens with zero attached hydrogens (tertiary/aromatic N) is 1. The Bertz CT molecular complexity index is 216. The molecule has 72 valence electrons. The lowest BCUT2D eigenvalue weighted by atomic mass is 9.80. The van der Waals surface area contributed by atoms with Crippen LogP contribution in [0.1, 0.15) is 26.7 Å². The Hall–Kier alpha value is -0.560. The maximum atomic E-state index is 2.57. The summed E-state index contributed by atoms with van der Waals surface area (Å²) in [4.78, 5) is 2.57. The Balaban J connectivity index is 1.96. The van der Waals surface area contributed by atoms with Gasteiger partial charge >= 0.3 is 0 Å². The zero-order valence-electron chi connectivity index (χ0n) is 8.66. The van der Waals surface area contributed by atoms with Gasteiger partial charge in [0.1, 0.15) is 0 Å². The third kappa shape index (κ3) is 1.71.